The Morgan fingerprint density at radius 3 is 0.901 bits per heavy atom. The number of ether oxygens (including phenoxy) is 3. The van der Waals surface area contributed by atoms with Crippen molar-refractivity contribution in [2.75, 3.05) is 13.2 Å². The highest BCUT2D eigenvalue weighted by Crippen LogP contribution is 2.13. The first-order valence-corrected chi connectivity index (χ1v) is 28.7. The molecular formula is C65H104O6. The van der Waals surface area contributed by atoms with Crippen molar-refractivity contribution in [3.63, 3.8) is 0 Å². The van der Waals surface area contributed by atoms with E-state index in [1.54, 1.807) is 0 Å². The number of hydrogen-bond donors (Lipinski definition) is 0. The monoisotopic (exact) mass is 981 g/mol. The van der Waals surface area contributed by atoms with Gasteiger partial charge in [0, 0.05) is 19.3 Å². The maximum absolute atomic E-state index is 12.9. The van der Waals surface area contributed by atoms with E-state index in [1.165, 1.54) is 77.0 Å². The summed E-state index contributed by atoms with van der Waals surface area (Å²) in [7, 11) is 0. The molecule has 0 heterocycles. The second-order valence-corrected chi connectivity index (χ2v) is 18.4. The van der Waals surface area contributed by atoms with Crippen LogP contribution in [0, 0.1) is 0 Å². The molecule has 0 aliphatic heterocycles. The molecule has 0 spiro atoms. The van der Waals surface area contributed by atoms with Crippen LogP contribution in [0.4, 0.5) is 0 Å². The normalized spacial score (nSPS) is 13.1. The molecule has 0 radical (unpaired) electrons. The molecule has 400 valence electrons. The lowest BCUT2D eigenvalue weighted by molar-refractivity contribution is -0.167. The third-order valence-electron chi connectivity index (χ3n) is 11.6. The number of hydrogen-bond acceptors (Lipinski definition) is 6. The Labute approximate surface area is 436 Å². The van der Waals surface area contributed by atoms with Crippen molar-refractivity contribution >= 4 is 17.9 Å². The third kappa shape index (κ3) is 56.3. The van der Waals surface area contributed by atoms with Gasteiger partial charge in [0.1, 0.15) is 13.2 Å². The molecule has 0 aromatic carbocycles. The molecule has 6 heteroatoms. The fourth-order valence-corrected chi connectivity index (χ4v) is 7.37. The SMILES string of the molecule is CC/C=C\C/C=C\C/C=C\C/C=C\C/C=C\C/C=C\CCCCC(=O)OCC(COC(=O)CCCC/C=C\C/C=C\C/C=C\C/C=C\CC)OC(=O)CCCCCCCCC/C=C\CCCCCCCC. The molecule has 0 N–H and O–H groups in total. The topological polar surface area (TPSA) is 78.9 Å². The average Bonchev–Trinajstić information content (AvgIpc) is 3.37. The second-order valence-electron chi connectivity index (χ2n) is 18.4. The Hall–Kier alpha value is -4.45. The first kappa shape index (κ1) is 66.6. The van der Waals surface area contributed by atoms with E-state index in [1.807, 2.05) is 0 Å². The first-order chi connectivity index (χ1) is 35.0. The van der Waals surface area contributed by atoms with E-state index < -0.39 is 6.10 Å². The van der Waals surface area contributed by atoms with E-state index >= 15 is 0 Å². The number of unbranched alkanes of at least 4 members (excludes halogenated alkanes) is 17. The summed E-state index contributed by atoms with van der Waals surface area (Å²) in [5.74, 6) is -1.01. The largest absolute Gasteiger partial charge is 0.462 e. The Kier molecular flexibility index (Phi) is 54.5. The summed E-state index contributed by atoms with van der Waals surface area (Å²) in [5, 5.41) is 0. The van der Waals surface area contributed by atoms with Crippen LogP contribution >= 0.6 is 0 Å². The van der Waals surface area contributed by atoms with E-state index in [-0.39, 0.29) is 37.5 Å². The van der Waals surface area contributed by atoms with Crippen LogP contribution in [0.5, 0.6) is 0 Å². The number of carbonyl (C=O) groups is 3. The van der Waals surface area contributed by atoms with E-state index in [9.17, 15) is 14.4 Å². The van der Waals surface area contributed by atoms with Gasteiger partial charge in [-0.05, 0) is 135 Å². The molecule has 0 rings (SSSR count). The summed E-state index contributed by atoms with van der Waals surface area (Å²) in [6, 6.07) is 0. The minimum absolute atomic E-state index is 0.119. The lowest BCUT2D eigenvalue weighted by Gasteiger charge is -2.18. The molecule has 71 heavy (non-hydrogen) atoms. The van der Waals surface area contributed by atoms with Crippen molar-refractivity contribution in [2.24, 2.45) is 0 Å². The molecule has 0 aliphatic rings. The Balaban J connectivity index is 4.54. The van der Waals surface area contributed by atoms with E-state index in [0.29, 0.717) is 25.7 Å². The van der Waals surface area contributed by atoms with Crippen molar-refractivity contribution in [3.8, 4) is 0 Å². The molecule has 0 aliphatic carbocycles. The lowest BCUT2D eigenvalue weighted by atomic mass is 10.1. The molecular weight excluding hydrogens is 877 g/mol. The van der Waals surface area contributed by atoms with Crippen LogP contribution in [0.15, 0.2) is 134 Å². The van der Waals surface area contributed by atoms with Gasteiger partial charge in [0.2, 0.25) is 0 Å². The zero-order valence-corrected chi connectivity index (χ0v) is 45.7. The smallest absolute Gasteiger partial charge is 0.306 e. The highest BCUT2D eigenvalue weighted by Gasteiger charge is 2.19. The standard InChI is InChI=1S/C65H104O6/c1-4-7-10-13-16-19-22-25-28-30-31-32-33-35-37-40-43-46-49-52-55-58-64(67)70-61-62(60-69-63(66)57-54-51-48-45-42-39-36-27-24-21-18-15-12-9-6-3)71-65(68)59-56-53-50-47-44-41-38-34-29-26-23-20-17-14-11-8-5-2/h7,9-10,12,16,18-19,21,25-29,31-32,35-37,42-43,45-46,62H,4-6,8,11,13-15,17,20,22-24,30,33-34,38-41,44,47-61H2,1-3H3/b10-7-,12-9-,19-16-,21-18-,28-25-,29-26-,32-31-,36-27-,37-35-,45-42-,46-43-. The fourth-order valence-electron chi connectivity index (χ4n) is 7.37. The molecule has 0 aromatic heterocycles. The Morgan fingerprint density at radius 1 is 0.296 bits per heavy atom. The Bertz CT molecular complexity index is 1550. The van der Waals surface area contributed by atoms with E-state index in [4.69, 9.17) is 14.2 Å². The highest BCUT2D eigenvalue weighted by molar-refractivity contribution is 5.71. The predicted octanol–water partition coefficient (Wildman–Crippen LogP) is 19.4. The summed E-state index contributed by atoms with van der Waals surface area (Å²) in [6.45, 7) is 6.32. The molecule has 0 saturated carbocycles. The average molecular weight is 982 g/mol. The van der Waals surface area contributed by atoms with Crippen LogP contribution < -0.4 is 0 Å². The molecule has 0 fully saturated rings. The van der Waals surface area contributed by atoms with Gasteiger partial charge in [0.15, 0.2) is 6.10 Å². The van der Waals surface area contributed by atoms with E-state index in [2.05, 4.69) is 154 Å². The molecule has 1 atom stereocenters. The van der Waals surface area contributed by atoms with Gasteiger partial charge in [0.25, 0.3) is 0 Å². The predicted molar refractivity (Wildman–Crippen MR) is 306 cm³/mol. The van der Waals surface area contributed by atoms with Crippen molar-refractivity contribution in [2.45, 2.75) is 245 Å². The van der Waals surface area contributed by atoms with Crippen LogP contribution in [-0.2, 0) is 28.6 Å². The second kappa shape index (κ2) is 58.1. The number of allylic oxidation sites excluding steroid dienone is 22. The van der Waals surface area contributed by atoms with E-state index in [0.717, 1.165) is 109 Å². The minimum Gasteiger partial charge on any atom is -0.462 e. The minimum atomic E-state index is -0.821. The van der Waals surface area contributed by atoms with Gasteiger partial charge < -0.3 is 14.2 Å². The van der Waals surface area contributed by atoms with Gasteiger partial charge in [-0.3, -0.25) is 14.4 Å². The summed E-state index contributed by atoms with van der Waals surface area (Å²) in [4.78, 5) is 38.2. The summed E-state index contributed by atoms with van der Waals surface area (Å²) in [6.07, 6.45) is 81.6. The number of esters is 3. The van der Waals surface area contributed by atoms with Crippen molar-refractivity contribution in [1.82, 2.24) is 0 Å². The third-order valence-corrected chi connectivity index (χ3v) is 11.6. The molecule has 0 bridgehead atoms. The molecule has 6 nitrogen and oxygen atoms in total. The maximum atomic E-state index is 12.9. The van der Waals surface area contributed by atoms with Crippen LogP contribution in [-0.4, -0.2) is 37.2 Å². The zero-order chi connectivity index (χ0) is 51.4. The van der Waals surface area contributed by atoms with Gasteiger partial charge in [-0.15, -0.1) is 0 Å². The quantitative estimate of drug-likeness (QED) is 0.0262. The lowest BCUT2D eigenvalue weighted by Crippen LogP contribution is -2.30. The van der Waals surface area contributed by atoms with Crippen molar-refractivity contribution in [3.05, 3.63) is 134 Å². The molecule has 1 unspecified atom stereocenters. The molecule has 0 amide bonds. The molecule has 0 aromatic rings. The van der Waals surface area contributed by atoms with Gasteiger partial charge in [-0.25, -0.2) is 0 Å². The van der Waals surface area contributed by atoms with Crippen LogP contribution in [0.25, 0.3) is 0 Å². The van der Waals surface area contributed by atoms with Crippen LogP contribution in [0.1, 0.15) is 239 Å². The summed E-state index contributed by atoms with van der Waals surface area (Å²) in [5.41, 5.74) is 0. The summed E-state index contributed by atoms with van der Waals surface area (Å²) >= 11 is 0. The molecule has 0 saturated heterocycles. The van der Waals surface area contributed by atoms with Gasteiger partial charge in [-0.2, -0.15) is 0 Å². The Morgan fingerprint density at radius 2 is 0.549 bits per heavy atom. The number of carbonyl (C=O) groups excluding carboxylic acids is 3. The first-order valence-electron chi connectivity index (χ1n) is 28.7. The van der Waals surface area contributed by atoms with Crippen LogP contribution in [0.3, 0.4) is 0 Å². The maximum Gasteiger partial charge on any atom is 0.306 e. The van der Waals surface area contributed by atoms with Crippen LogP contribution in [0.2, 0.25) is 0 Å². The van der Waals surface area contributed by atoms with Crippen molar-refractivity contribution in [1.29, 1.82) is 0 Å². The van der Waals surface area contributed by atoms with Gasteiger partial charge >= 0.3 is 17.9 Å². The number of rotatable bonds is 50. The highest BCUT2D eigenvalue weighted by atomic mass is 16.6. The zero-order valence-electron chi connectivity index (χ0n) is 45.7. The van der Waals surface area contributed by atoms with Gasteiger partial charge in [0.05, 0.1) is 0 Å². The van der Waals surface area contributed by atoms with Gasteiger partial charge in [-0.1, -0.05) is 219 Å². The summed E-state index contributed by atoms with van der Waals surface area (Å²) < 4.78 is 16.8. The fraction of sp³-hybridized carbons (Fsp3) is 0.615. The van der Waals surface area contributed by atoms with Crippen molar-refractivity contribution < 1.29 is 28.6 Å².